The van der Waals surface area contributed by atoms with E-state index < -0.39 is 0 Å². The Labute approximate surface area is 68.2 Å². The predicted octanol–water partition coefficient (Wildman–Crippen LogP) is 2.31. The van der Waals surface area contributed by atoms with Crippen molar-refractivity contribution < 1.29 is 9.47 Å². The highest BCUT2D eigenvalue weighted by molar-refractivity contribution is 4.74. The minimum Gasteiger partial charge on any atom is -0.466 e. The Morgan fingerprint density at radius 1 is 1.36 bits per heavy atom. The smallest absolute Gasteiger partial charge is 0.271 e. The molecule has 1 aliphatic heterocycles. The van der Waals surface area contributed by atoms with Crippen LogP contribution >= 0.6 is 0 Å². The zero-order valence-corrected chi connectivity index (χ0v) is 7.30. The largest absolute Gasteiger partial charge is 0.466 e. The van der Waals surface area contributed by atoms with Crippen LogP contribution in [0.3, 0.4) is 0 Å². The van der Waals surface area contributed by atoms with Gasteiger partial charge in [-0.1, -0.05) is 6.92 Å². The van der Waals surface area contributed by atoms with E-state index in [1.54, 1.807) is 0 Å². The number of hydrogen-bond donors (Lipinski definition) is 0. The molecule has 1 heterocycles. The highest BCUT2D eigenvalue weighted by Gasteiger charge is 2.13. The fourth-order valence-electron chi connectivity index (χ4n) is 1.16. The normalized spacial score (nSPS) is 33.1. The molecular formula is C9H16O2. The Balaban J connectivity index is 2.40. The van der Waals surface area contributed by atoms with Gasteiger partial charge in [-0.3, -0.25) is 0 Å². The third-order valence-corrected chi connectivity index (χ3v) is 1.93. The first-order chi connectivity index (χ1) is 5.18. The van der Waals surface area contributed by atoms with E-state index in [4.69, 9.17) is 9.47 Å². The summed E-state index contributed by atoms with van der Waals surface area (Å²) in [6, 6.07) is 0. The van der Waals surface area contributed by atoms with Gasteiger partial charge in [-0.05, 0) is 32.3 Å². The van der Waals surface area contributed by atoms with Gasteiger partial charge in [-0.15, -0.1) is 0 Å². The lowest BCUT2D eigenvalue weighted by atomic mass is 10.0. The summed E-state index contributed by atoms with van der Waals surface area (Å²) in [5, 5.41) is 0. The van der Waals surface area contributed by atoms with Crippen molar-refractivity contribution in [3.05, 3.63) is 12.5 Å². The quantitative estimate of drug-likeness (QED) is 0.536. The van der Waals surface area contributed by atoms with Gasteiger partial charge in [0, 0.05) is 0 Å². The predicted molar refractivity (Wildman–Crippen MR) is 44.0 cm³/mol. The zero-order chi connectivity index (χ0) is 8.27. The second-order valence-electron chi connectivity index (χ2n) is 3.29. The third-order valence-electron chi connectivity index (χ3n) is 1.93. The average Bonchev–Trinajstić information content (AvgIpc) is 1.95. The van der Waals surface area contributed by atoms with Crippen LogP contribution in [0.4, 0.5) is 0 Å². The van der Waals surface area contributed by atoms with Crippen molar-refractivity contribution >= 4 is 0 Å². The first kappa shape index (κ1) is 8.44. The summed E-state index contributed by atoms with van der Waals surface area (Å²) in [7, 11) is 0. The van der Waals surface area contributed by atoms with Crippen LogP contribution in [0.1, 0.15) is 26.7 Å². The fraction of sp³-hybridized carbons (Fsp3) is 0.778. The van der Waals surface area contributed by atoms with Gasteiger partial charge in [0.1, 0.15) is 0 Å². The minimum absolute atomic E-state index is 0.255. The van der Waals surface area contributed by atoms with Gasteiger partial charge < -0.3 is 9.47 Å². The number of hydrogen-bond acceptors (Lipinski definition) is 2. The van der Waals surface area contributed by atoms with Crippen LogP contribution in [0.15, 0.2) is 12.5 Å². The van der Waals surface area contributed by atoms with Gasteiger partial charge in [0.05, 0.1) is 12.7 Å². The van der Waals surface area contributed by atoms with Gasteiger partial charge in [-0.25, -0.2) is 0 Å². The molecule has 0 aromatic rings. The molecule has 11 heavy (non-hydrogen) atoms. The van der Waals surface area contributed by atoms with E-state index in [0.717, 1.165) is 13.0 Å². The molecule has 0 amide bonds. The Morgan fingerprint density at radius 2 is 2.09 bits per heavy atom. The lowest BCUT2D eigenvalue weighted by Gasteiger charge is -2.23. The van der Waals surface area contributed by atoms with Gasteiger partial charge >= 0.3 is 0 Å². The van der Waals surface area contributed by atoms with Crippen LogP contribution in [0.2, 0.25) is 0 Å². The molecule has 0 N–H and O–H groups in total. The lowest BCUT2D eigenvalue weighted by molar-refractivity contribution is -0.0307. The summed E-state index contributed by atoms with van der Waals surface area (Å²) in [6.45, 7) is 8.63. The number of ether oxygens (including phenoxy) is 2. The van der Waals surface area contributed by atoms with E-state index in [2.05, 4.69) is 13.5 Å². The first-order valence-corrected chi connectivity index (χ1v) is 4.17. The van der Waals surface area contributed by atoms with E-state index >= 15 is 0 Å². The van der Waals surface area contributed by atoms with E-state index in [-0.39, 0.29) is 6.10 Å². The summed E-state index contributed by atoms with van der Waals surface area (Å²) < 4.78 is 10.6. The van der Waals surface area contributed by atoms with Crippen LogP contribution < -0.4 is 0 Å². The summed E-state index contributed by atoms with van der Waals surface area (Å²) in [4.78, 5) is 0. The molecular weight excluding hydrogens is 140 g/mol. The van der Waals surface area contributed by atoms with E-state index in [9.17, 15) is 0 Å². The second kappa shape index (κ2) is 3.65. The SMILES string of the molecule is C=C1OCC(C)CCC(C)O1. The maximum absolute atomic E-state index is 5.32. The van der Waals surface area contributed by atoms with Crippen LogP contribution in [0.5, 0.6) is 0 Å². The molecule has 2 unspecified atom stereocenters. The summed E-state index contributed by atoms with van der Waals surface area (Å²) in [5.41, 5.74) is 0. The number of rotatable bonds is 0. The second-order valence-corrected chi connectivity index (χ2v) is 3.29. The van der Waals surface area contributed by atoms with Crippen LogP contribution in [-0.2, 0) is 9.47 Å². The lowest BCUT2D eigenvalue weighted by Crippen LogP contribution is -2.17. The van der Waals surface area contributed by atoms with Gasteiger partial charge in [0.15, 0.2) is 0 Å². The van der Waals surface area contributed by atoms with Crippen LogP contribution in [0, 0.1) is 5.92 Å². The highest BCUT2D eigenvalue weighted by Crippen LogP contribution is 2.17. The van der Waals surface area contributed by atoms with Crippen molar-refractivity contribution in [2.75, 3.05) is 6.61 Å². The van der Waals surface area contributed by atoms with Gasteiger partial charge in [0.25, 0.3) is 5.95 Å². The van der Waals surface area contributed by atoms with Crippen LogP contribution in [0.25, 0.3) is 0 Å². The van der Waals surface area contributed by atoms with Crippen molar-refractivity contribution in [1.82, 2.24) is 0 Å². The molecule has 0 aromatic heterocycles. The van der Waals surface area contributed by atoms with E-state index in [1.165, 1.54) is 6.42 Å². The monoisotopic (exact) mass is 156 g/mol. The summed E-state index contributed by atoms with van der Waals surface area (Å²) in [5.74, 6) is 1.10. The molecule has 64 valence electrons. The standard InChI is InChI=1S/C9H16O2/c1-7-4-5-8(2)11-9(3)10-6-7/h7-8H,3-6H2,1-2H3. The minimum atomic E-state index is 0.255. The molecule has 1 fully saturated rings. The molecule has 0 aliphatic carbocycles. The molecule has 2 atom stereocenters. The average molecular weight is 156 g/mol. The molecule has 2 heteroatoms. The molecule has 1 rings (SSSR count). The molecule has 1 saturated heterocycles. The van der Waals surface area contributed by atoms with E-state index in [1.807, 2.05) is 6.92 Å². The third kappa shape index (κ3) is 2.83. The molecule has 0 radical (unpaired) electrons. The Hall–Kier alpha value is -0.660. The molecule has 2 nitrogen and oxygen atoms in total. The van der Waals surface area contributed by atoms with E-state index in [0.29, 0.717) is 11.9 Å². The van der Waals surface area contributed by atoms with Crippen molar-refractivity contribution in [2.45, 2.75) is 32.8 Å². The van der Waals surface area contributed by atoms with Crippen molar-refractivity contribution in [3.8, 4) is 0 Å². The van der Waals surface area contributed by atoms with Crippen LogP contribution in [-0.4, -0.2) is 12.7 Å². The molecule has 0 aromatic carbocycles. The highest BCUT2D eigenvalue weighted by atomic mass is 16.7. The van der Waals surface area contributed by atoms with Crippen molar-refractivity contribution in [1.29, 1.82) is 0 Å². The Bertz CT molecular complexity index is 142. The maximum Gasteiger partial charge on any atom is 0.271 e. The summed E-state index contributed by atoms with van der Waals surface area (Å²) >= 11 is 0. The summed E-state index contributed by atoms with van der Waals surface area (Å²) in [6.07, 6.45) is 2.53. The van der Waals surface area contributed by atoms with Gasteiger partial charge in [0.2, 0.25) is 0 Å². The fourth-order valence-corrected chi connectivity index (χ4v) is 1.16. The first-order valence-electron chi connectivity index (χ1n) is 4.17. The molecule has 0 spiro atoms. The van der Waals surface area contributed by atoms with Crippen molar-refractivity contribution in [3.63, 3.8) is 0 Å². The topological polar surface area (TPSA) is 18.5 Å². The maximum atomic E-state index is 5.32. The Morgan fingerprint density at radius 3 is 2.82 bits per heavy atom. The molecule has 1 aliphatic rings. The molecule has 0 saturated carbocycles. The molecule has 0 bridgehead atoms. The van der Waals surface area contributed by atoms with Gasteiger partial charge in [-0.2, -0.15) is 0 Å². The van der Waals surface area contributed by atoms with Crippen molar-refractivity contribution in [2.24, 2.45) is 5.92 Å². The zero-order valence-electron chi connectivity index (χ0n) is 7.30. The Kier molecular flexibility index (Phi) is 2.80.